The molecule has 0 aliphatic carbocycles. The molecule has 0 radical (unpaired) electrons. The molecule has 96 heavy (non-hydrogen) atoms. The number of alkyl halides is 1. The van der Waals surface area contributed by atoms with Gasteiger partial charge in [-0.2, -0.15) is 17.0 Å². The number of hydrogen-bond donors (Lipinski definition) is 6. The number of amidine groups is 1. The number of aliphatic carboxylic acids is 1. The summed E-state index contributed by atoms with van der Waals surface area (Å²) in [5.41, 5.74) is 1.50. The van der Waals surface area contributed by atoms with Crippen LogP contribution < -0.4 is 26.0 Å². The Labute approximate surface area is 565 Å². The molecule has 0 saturated carbocycles. The topological polar surface area (TPSA) is 338 Å². The molecule has 2 aromatic carbocycles. The van der Waals surface area contributed by atoms with Gasteiger partial charge in [0.05, 0.1) is 55.8 Å². The Bertz CT molecular complexity index is 3100. The number of thioether (sulfide) groups is 1. The Balaban J connectivity index is 0.931. The molecule has 1 aromatic heterocycles. The second-order valence-corrected chi connectivity index (χ2v) is 26.1. The summed E-state index contributed by atoms with van der Waals surface area (Å²) in [5.74, 6) is -1.53. The van der Waals surface area contributed by atoms with E-state index in [1.807, 2.05) is 39.8 Å². The zero-order chi connectivity index (χ0) is 69.2. The fourth-order valence-corrected chi connectivity index (χ4v) is 12.5. The molecule has 4 heterocycles. The largest absolute Gasteiger partial charge is 0.494 e. The maximum absolute atomic E-state index is 14.6. The van der Waals surface area contributed by atoms with Crippen LogP contribution in [0.15, 0.2) is 59.7 Å². The third-order valence-corrected chi connectivity index (χ3v) is 18.2. The summed E-state index contributed by atoms with van der Waals surface area (Å²) in [6.07, 6.45) is 7.44. The molecule has 3 saturated heterocycles. The number of aryl methyl sites for hydroxylation is 2. The number of aromatic nitrogens is 1. The number of halogens is 1. The monoisotopic (exact) mass is 1360 g/mol. The summed E-state index contributed by atoms with van der Waals surface area (Å²) in [4.78, 5) is 133. The standard InChI is InChI=1S/C67H96FN13O14S/c1-49-13-15-51(16-14-49)10-8-12-60(85)74-50(2)70-22-6-4-11-58(75-61(86)41-76-27-28-77(42-63(88)89)30-32-79(46-94-48-83)34-33-78(31-29-76)45-93-47-82)65(91)72-24-36-96-43-59(84)66(92)80-25-20-52(21-26-80)9-5-7-35-95-54-17-18-57-56(37-54)55(19-23-71-57)64(90)73-40-62(87)81-44-67(3,68)38-53(81)39-69/h13-19,23,37,47-48,52-53,58-59,84H,4-12,20-22,24-36,38,40-46H2,1-3H3,(H,72,91)(H,73,90)(H,75,86)(H,88,89)(H,70,74,85)/t53-,58+,59-,67?/m1/s1. The minimum absolute atomic E-state index is 0.0130. The minimum Gasteiger partial charge on any atom is -0.494 e. The van der Waals surface area contributed by atoms with Crippen molar-refractivity contribution in [1.82, 2.24) is 55.7 Å². The van der Waals surface area contributed by atoms with Gasteiger partial charge in [0.2, 0.25) is 23.6 Å². The molecule has 0 spiro atoms. The van der Waals surface area contributed by atoms with Crippen LogP contribution in [0.5, 0.6) is 5.75 Å². The van der Waals surface area contributed by atoms with Crippen LogP contribution in [0.25, 0.3) is 10.9 Å². The number of aliphatic imine (C=N–C) groups is 1. The van der Waals surface area contributed by atoms with E-state index < -0.39 is 60.0 Å². The number of piperidine rings is 1. The summed E-state index contributed by atoms with van der Waals surface area (Å²) in [7, 11) is 0. The van der Waals surface area contributed by atoms with E-state index in [0.717, 1.165) is 49.0 Å². The number of fused-ring (bicyclic) bond motifs is 1. The molecule has 1 unspecified atom stereocenters. The van der Waals surface area contributed by atoms with E-state index >= 15 is 0 Å². The number of nitrogens with one attached hydrogen (secondary N) is 4. The van der Waals surface area contributed by atoms with Crippen molar-refractivity contribution in [2.75, 3.05) is 136 Å². The summed E-state index contributed by atoms with van der Waals surface area (Å²) in [6, 6.07) is 15.1. The van der Waals surface area contributed by atoms with Crippen molar-refractivity contribution in [2.24, 2.45) is 10.9 Å². The first-order valence-electron chi connectivity index (χ1n) is 33.1. The van der Waals surface area contributed by atoms with Crippen molar-refractivity contribution in [3.05, 3.63) is 71.4 Å². The highest BCUT2D eigenvalue weighted by atomic mass is 32.2. The number of benzene rings is 2. The van der Waals surface area contributed by atoms with Crippen LogP contribution in [-0.4, -0.2) is 265 Å². The molecule has 526 valence electrons. The molecule has 3 aromatic rings. The smallest absolute Gasteiger partial charge is 0.317 e. The quantitative estimate of drug-likeness (QED) is 0.0211. The molecule has 29 heteroatoms. The number of carbonyl (C=O) groups excluding carboxylic acids is 8. The fourth-order valence-electron chi connectivity index (χ4n) is 11.7. The average molecular weight is 1360 g/mol. The number of aliphatic hydroxyl groups is 1. The van der Waals surface area contributed by atoms with Crippen molar-refractivity contribution in [3.8, 4) is 11.8 Å². The maximum Gasteiger partial charge on any atom is 0.317 e. The van der Waals surface area contributed by atoms with Gasteiger partial charge in [-0.3, -0.25) is 72.7 Å². The Morgan fingerprint density at radius 1 is 0.844 bits per heavy atom. The zero-order valence-corrected chi connectivity index (χ0v) is 56.4. The number of likely N-dealkylation sites (tertiary alicyclic amines) is 2. The number of carbonyl (C=O) groups is 9. The molecular formula is C67H96FN13O14S. The highest BCUT2D eigenvalue weighted by Crippen LogP contribution is 2.30. The molecule has 6 N–H and O–H groups in total. The number of hydrogen-bond acceptors (Lipinski definition) is 21. The van der Waals surface area contributed by atoms with Gasteiger partial charge in [-0.25, -0.2) is 4.39 Å². The molecule has 3 aliphatic heterocycles. The van der Waals surface area contributed by atoms with Gasteiger partial charge in [0.25, 0.3) is 24.8 Å². The van der Waals surface area contributed by atoms with E-state index in [1.54, 1.807) is 41.0 Å². The van der Waals surface area contributed by atoms with Crippen molar-refractivity contribution < 1.29 is 72.0 Å². The van der Waals surface area contributed by atoms with E-state index in [4.69, 9.17) is 14.2 Å². The molecule has 3 aliphatic rings. The second kappa shape index (κ2) is 41.3. The minimum atomic E-state index is -1.68. The van der Waals surface area contributed by atoms with Gasteiger partial charge in [0.1, 0.15) is 43.1 Å². The van der Waals surface area contributed by atoms with Gasteiger partial charge in [0, 0.05) is 114 Å². The van der Waals surface area contributed by atoms with Crippen LogP contribution in [0.4, 0.5) is 4.39 Å². The summed E-state index contributed by atoms with van der Waals surface area (Å²) in [6.45, 7) is 9.44. The fraction of sp³-hybridized carbons (Fsp3) is 0.612. The predicted octanol–water partition coefficient (Wildman–Crippen LogP) is 2.90. The Morgan fingerprint density at radius 3 is 2.17 bits per heavy atom. The Morgan fingerprint density at radius 2 is 1.51 bits per heavy atom. The number of amides is 6. The molecule has 4 atom stereocenters. The van der Waals surface area contributed by atoms with E-state index in [9.17, 15) is 63.0 Å². The molecular weight excluding hydrogens is 1260 g/mol. The van der Waals surface area contributed by atoms with E-state index in [0.29, 0.717) is 138 Å². The van der Waals surface area contributed by atoms with Crippen molar-refractivity contribution in [3.63, 3.8) is 0 Å². The molecule has 0 bridgehead atoms. The zero-order valence-electron chi connectivity index (χ0n) is 55.6. The maximum atomic E-state index is 14.6. The van der Waals surface area contributed by atoms with Crippen LogP contribution in [-0.2, 0) is 54.3 Å². The van der Waals surface area contributed by atoms with Crippen LogP contribution in [0, 0.1) is 24.2 Å². The summed E-state index contributed by atoms with van der Waals surface area (Å²) in [5, 5.41) is 42.0. The normalized spacial score (nSPS) is 18.8. The highest BCUT2D eigenvalue weighted by molar-refractivity contribution is 7.99. The molecule has 6 rings (SSSR count). The number of aliphatic hydroxyl groups excluding tert-OH is 1. The number of rotatable bonds is 36. The summed E-state index contributed by atoms with van der Waals surface area (Å²) >= 11 is 1.32. The third kappa shape index (κ3) is 27.7. The van der Waals surface area contributed by atoms with Crippen LogP contribution in [0.1, 0.15) is 106 Å². The third-order valence-electron chi connectivity index (χ3n) is 17.1. The summed E-state index contributed by atoms with van der Waals surface area (Å²) < 4.78 is 30.7. The lowest BCUT2D eigenvalue weighted by Gasteiger charge is -2.33. The number of ether oxygens (including phenoxy) is 3. The first-order valence-corrected chi connectivity index (χ1v) is 34.3. The van der Waals surface area contributed by atoms with E-state index in [2.05, 4.69) is 43.4 Å². The number of carboxylic acid groups (broad SMARTS) is 1. The molecule has 27 nitrogen and oxygen atoms in total. The van der Waals surface area contributed by atoms with Crippen molar-refractivity contribution >= 4 is 82.9 Å². The van der Waals surface area contributed by atoms with Gasteiger partial charge >= 0.3 is 5.97 Å². The van der Waals surface area contributed by atoms with E-state index in [1.165, 1.54) is 30.4 Å². The second-order valence-electron chi connectivity index (χ2n) is 24.9. The number of nitriles is 1. The Hall–Kier alpha value is -7.88. The number of carboxylic acids is 1. The van der Waals surface area contributed by atoms with Crippen LogP contribution >= 0.6 is 11.8 Å². The molecule has 6 amide bonds. The lowest BCUT2D eigenvalue weighted by Crippen LogP contribution is -2.52. The van der Waals surface area contributed by atoms with Gasteiger partial charge in [-0.15, -0.1) is 0 Å². The first-order chi connectivity index (χ1) is 46.2. The molecule has 3 fully saturated rings. The van der Waals surface area contributed by atoms with Crippen LogP contribution in [0.3, 0.4) is 0 Å². The van der Waals surface area contributed by atoms with Gasteiger partial charge in [-0.1, -0.05) is 36.2 Å². The van der Waals surface area contributed by atoms with E-state index in [-0.39, 0.29) is 88.7 Å². The lowest BCUT2D eigenvalue weighted by molar-refractivity contribution is -0.140. The SMILES string of the molecule is C/C(=N\CCCC[C@H](NC(=O)CN1CCN(COC=O)CCN(COC=O)CCN(CC(=O)O)CC1)C(=O)NCCSC[C@@H](O)C(=O)N1CCC(CCCCOc2ccc3nccc(C(=O)NCC(=O)N4CC(C)(F)C[C@@H]4C#N)c3c2)CC1)NC(=O)CCCc1ccc(C)cc1. The van der Waals surface area contributed by atoms with Crippen LogP contribution in [0.2, 0.25) is 0 Å². The number of pyridine rings is 1. The lowest BCUT2D eigenvalue weighted by atomic mass is 9.91. The van der Waals surface area contributed by atoms with Crippen molar-refractivity contribution in [2.45, 2.75) is 122 Å². The average Bonchev–Trinajstić information content (AvgIpc) is 1.21. The van der Waals surface area contributed by atoms with Gasteiger partial charge in [0.15, 0.2) is 0 Å². The number of unbranched alkanes of at least 4 members (excludes halogenated alkanes) is 2. The highest BCUT2D eigenvalue weighted by Gasteiger charge is 2.43. The van der Waals surface area contributed by atoms with Gasteiger partial charge in [-0.05, 0) is 114 Å². The van der Waals surface area contributed by atoms with Gasteiger partial charge < -0.3 is 55.5 Å². The Kier molecular flexibility index (Phi) is 33.2. The number of nitrogens with zero attached hydrogens (tertiary/aromatic N) is 9. The first kappa shape index (κ1) is 77.1. The van der Waals surface area contributed by atoms with Crippen molar-refractivity contribution in [1.29, 1.82) is 5.26 Å². The predicted molar refractivity (Wildman–Crippen MR) is 358 cm³/mol.